The Morgan fingerprint density at radius 3 is 2.47 bits per heavy atom. The molecule has 1 rings (SSSR count). The molecule has 3 nitrogen and oxygen atoms in total. The van der Waals surface area contributed by atoms with Gasteiger partial charge in [-0.25, -0.2) is 13.1 Å². The Hall–Kier alpha value is -0.100. The molecule has 6 heteroatoms. The first-order valence-electron chi connectivity index (χ1n) is 5.31. The predicted octanol–water partition coefficient (Wildman–Crippen LogP) is 3.13. The molecule has 1 unspecified atom stereocenters. The van der Waals surface area contributed by atoms with Crippen LogP contribution in [0, 0.1) is 0 Å². The number of nitrogens with one attached hydrogen (secondary N) is 1. The molecule has 1 aromatic rings. The number of halogens is 2. The van der Waals surface area contributed by atoms with E-state index in [-0.39, 0.29) is 10.3 Å². The lowest BCUT2D eigenvalue weighted by Crippen LogP contribution is -2.25. The second-order valence-electron chi connectivity index (χ2n) is 3.77. The van der Waals surface area contributed by atoms with Gasteiger partial charge in [-0.2, -0.15) is 0 Å². The van der Waals surface area contributed by atoms with E-state index in [0.29, 0.717) is 6.54 Å². The minimum absolute atomic E-state index is 0.0761. The molecule has 0 fully saturated rings. The molecule has 1 aromatic carbocycles. The average Bonchev–Trinajstić information content (AvgIpc) is 2.25. The van der Waals surface area contributed by atoms with Gasteiger partial charge in [0, 0.05) is 16.4 Å². The minimum atomic E-state index is -3.39. The standard InChI is InChI=1S/C11H15BrClNO2S/c1-9(13)3-2-8-14-17(15,16)11-6-4-10(12)5-7-11/h4-7,9,14H,2-3,8H2,1H3. The van der Waals surface area contributed by atoms with Crippen LogP contribution in [0.4, 0.5) is 0 Å². The topological polar surface area (TPSA) is 46.2 Å². The molecule has 0 saturated heterocycles. The molecule has 17 heavy (non-hydrogen) atoms. The summed E-state index contributed by atoms with van der Waals surface area (Å²) in [6.07, 6.45) is 1.53. The van der Waals surface area contributed by atoms with Gasteiger partial charge in [0.2, 0.25) is 10.0 Å². The van der Waals surface area contributed by atoms with E-state index in [4.69, 9.17) is 11.6 Å². The summed E-state index contributed by atoms with van der Waals surface area (Å²) >= 11 is 9.04. The van der Waals surface area contributed by atoms with E-state index < -0.39 is 10.0 Å². The van der Waals surface area contributed by atoms with Gasteiger partial charge in [-0.3, -0.25) is 0 Å². The Morgan fingerprint density at radius 1 is 1.35 bits per heavy atom. The second kappa shape index (κ2) is 6.73. The molecular weight excluding hydrogens is 326 g/mol. The van der Waals surface area contributed by atoms with Crippen LogP contribution in [0.2, 0.25) is 0 Å². The maximum absolute atomic E-state index is 11.8. The molecule has 0 radical (unpaired) electrons. The number of hydrogen-bond acceptors (Lipinski definition) is 2. The largest absolute Gasteiger partial charge is 0.240 e. The monoisotopic (exact) mass is 339 g/mol. The second-order valence-corrected chi connectivity index (χ2v) is 7.20. The summed E-state index contributed by atoms with van der Waals surface area (Å²) in [5, 5.41) is 0.0761. The molecule has 0 saturated carbocycles. The van der Waals surface area contributed by atoms with Crippen molar-refractivity contribution < 1.29 is 8.42 Å². The summed E-state index contributed by atoms with van der Waals surface area (Å²) in [7, 11) is -3.39. The smallest absolute Gasteiger partial charge is 0.211 e. The molecular formula is C11H15BrClNO2S. The third kappa shape index (κ3) is 5.38. The van der Waals surface area contributed by atoms with Crippen molar-refractivity contribution in [2.24, 2.45) is 0 Å². The van der Waals surface area contributed by atoms with Crippen LogP contribution in [0.5, 0.6) is 0 Å². The van der Waals surface area contributed by atoms with Crippen LogP contribution in [-0.2, 0) is 10.0 Å². The van der Waals surface area contributed by atoms with E-state index in [9.17, 15) is 8.42 Å². The van der Waals surface area contributed by atoms with Gasteiger partial charge in [0.15, 0.2) is 0 Å². The number of rotatable bonds is 6. The zero-order valence-corrected chi connectivity index (χ0v) is 12.6. The molecule has 0 aliphatic carbocycles. The summed E-state index contributed by atoms with van der Waals surface area (Å²) < 4.78 is 27.1. The number of sulfonamides is 1. The third-order valence-corrected chi connectivity index (χ3v) is 4.42. The van der Waals surface area contributed by atoms with Crippen LogP contribution in [0.1, 0.15) is 19.8 Å². The van der Waals surface area contributed by atoms with E-state index in [1.54, 1.807) is 24.3 Å². The molecule has 0 heterocycles. The van der Waals surface area contributed by atoms with E-state index in [1.165, 1.54) is 0 Å². The summed E-state index contributed by atoms with van der Waals surface area (Å²) in [5.41, 5.74) is 0. The fourth-order valence-electron chi connectivity index (χ4n) is 1.29. The average molecular weight is 341 g/mol. The Kier molecular flexibility index (Phi) is 5.92. The van der Waals surface area contributed by atoms with E-state index in [1.807, 2.05) is 6.92 Å². The van der Waals surface area contributed by atoms with Crippen molar-refractivity contribution in [1.82, 2.24) is 4.72 Å². The minimum Gasteiger partial charge on any atom is -0.211 e. The van der Waals surface area contributed by atoms with E-state index in [0.717, 1.165) is 17.3 Å². The first-order chi connectivity index (χ1) is 7.92. The highest BCUT2D eigenvalue weighted by Crippen LogP contribution is 2.14. The summed E-state index contributed by atoms with van der Waals surface area (Å²) in [5.74, 6) is 0. The zero-order chi connectivity index (χ0) is 12.9. The van der Waals surface area contributed by atoms with Gasteiger partial charge in [-0.1, -0.05) is 15.9 Å². The van der Waals surface area contributed by atoms with Crippen LogP contribution in [0.15, 0.2) is 33.6 Å². The third-order valence-electron chi connectivity index (χ3n) is 2.19. The van der Waals surface area contributed by atoms with Gasteiger partial charge in [-0.15, -0.1) is 11.6 Å². The first-order valence-corrected chi connectivity index (χ1v) is 8.02. The Labute approximate surface area is 116 Å². The fraction of sp³-hybridized carbons (Fsp3) is 0.455. The lowest BCUT2D eigenvalue weighted by Gasteiger charge is -2.07. The lowest BCUT2D eigenvalue weighted by atomic mass is 10.2. The molecule has 1 N–H and O–H groups in total. The quantitative estimate of drug-likeness (QED) is 0.639. The highest BCUT2D eigenvalue weighted by molar-refractivity contribution is 9.10. The SMILES string of the molecule is CC(Cl)CCCNS(=O)(=O)c1ccc(Br)cc1. The van der Waals surface area contributed by atoms with Crippen molar-refractivity contribution in [2.75, 3.05) is 6.54 Å². The van der Waals surface area contributed by atoms with Gasteiger partial charge < -0.3 is 0 Å². The van der Waals surface area contributed by atoms with Crippen molar-refractivity contribution >= 4 is 37.6 Å². The number of benzene rings is 1. The van der Waals surface area contributed by atoms with Crippen LogP contribution in [0.3, 0.4) is 0 Å². The highest BCUT2D eigenvalue weighted by atomic mass is 79.9. The summed E-state index contributed by atoms with van der Waals surface area (Å²) in [4.78, 5) is 0.277. The van der Waals surface area contributed by atoms with Crippen molar-refractivity contribution in [2.45, 2.75) is 30.0 Å². The summed E-state index contributed by atoms with van der Waals surface area (Å²) in [6, 6.07) is 6.54. The molecule has 96 valence electrons. The molecule has 0 spiro atoms. The molecule has 0 aromatic heterocycles. The Bertz CT molecular complexity index is 445. The maximum atomic E-state index is 11.8. The van der Waals surface area contributed by atoms with Crippen molar-refractivity contribution in [1.29, 1.82) is 0 Å². The Morgan fingerprint density at radius 2 is 1.94 bits per heavy atom. The van der Waals surface area contributed by atoms with Gasteiger partial charge in [0.1, 0.15) is 0 Å². The van der Waals surface area contributed by atoms with Crippen LogP contribution in [0.25, 0.3) is 0 Å². The van der Waals surface area contributed by atoms with Crippen LogP contribution >= 0.6 is 27.5 Å². The van der Waals surface area contributed by atoms with Crippen LogP contribution in [-0.4, -0.2) is 20.3 Å². The molecule has 0 amide bonds. The van der Waals surface area contributed by atoms with Crippen LogP contribution < -0.4 is 4.72 Å². The maximum Gasteiger partial charge on any atom is 0.240 e. The Balaban J connectivity index is 2.54. The zero-order valence-electron chi connectivity index (χ0n) is 9.49. The van der Waals surface area contributed by atoms with Crippen molar-refractivity contribution in [3.63, 3.8) is 0 Å². The number of alkyl halides is 1. The fourth-order valence-corrected chi connectivity index (χ4v) is 2.78. The predicted molar refractivity (Wildman–Crippen MR) is 73.9 cm³/mol. The van der Waals surface area contributed by atoms with Crippen molar-refractivity contribution in [3.8, 4) is 0 Å². The van der Waals surface area contributed by atoms with Gasteiger partial charge >= 0.3 is 0 Å². The molecule has 0 aliphatic heterocycles. The number of hydrogen-bond donors (Lipinski definition) is 1. The normalized spacial score (nSPS) is 13.6. The summed E-state index contributed by atoms with van der Waals surface area (Å²) in [6.45, 7) is 2.31. The lowest BCUT2D eigenvalue weighted by molar-refractivity contribution is 0.576. The van der Waals surface area contributed by atoms with Gasteiger partial charge in [0.05, 0.1) is 4.90 Å². The molecule has 1 atom stereocenters. The van der Waals surface area contributed by atoms with E-state index >= 15 is 0 Å². The molecule has 0 bridgehead atoms. The highest BCUT2D eigenvalue weighted by Gasteiger charge is 2.12. The van der Waals surface area contributed by atoms with Crippen molar-refractivity contribution in [3.05, 3.63) is 28.7 Å². The first kappa shape index (κ1) is 15.0. The van der Waals surface area contributed by atoms with Gasteiger partial charge in [0.25, 0.3) is 0 Å². The van der Waals surface area contributed by atoms with E-state index in [2.05, 4.69) is 20.7 Å². The van der Waals surface area contributed by atoms with Gasteiger partial charge in [-0.05, 0) is 44.0 Å². The molecule has 0 aliphatic rings.